The van der Waals surface area contributed by atoms with Gasteiger partial charge in [-0.2, -0.15) is 0 Å². The molecule has 1 aliphatic heterocycles. The van der Waals surface area contributed by atoms with Crippen molar-refractivity contribution in [2.75, 3.05) is 20.3 Å². The molecule has 0 bridgehead atoms. The van der Waals surface area contributed by atoms with Crippen LogP contribution in [0.15, 0.2) is 24.5 Å². The smallest absolute Gasteiger partial charge is 0.225 e. The van der Waals surface area contributed by atoms with E-state index in [-0.39, 0.29) is 29.7 Å². The topological polar surface area (TPSA) is 71.5 Å². The first-order valence-electron chi connectivity index (χ1n) is 8.59. The number of rotatable bonds is 6. The van der Waals surface area contributed by atoms with E-state index in [9.17, 15) is 9.59 Å². The Bertz CT molecular complexity index is 584. The summed E-state index contributed by atoms with van der Waals surface area (Å²) in [7, 11) is 1.67. The van der Waals surface area contributed by atoms with E-state index in [1.54, 1.807) is 24.4 Å². The minimum absolute atomic E-state index is 0.0176. The highest BCUT2D eigenvalue weighted by atomic mass is 16.5. The number of nitrogens with one attached hydrogen (secondary N) is 1. The third-order valence-corrected chi connectivity index (χ3v) is 5.05. The van der Waals surface area contributed by atoms with E-state index in [1.807, 2.05) is 12.1 Å². The molecule has 1 atom stereocenters. The molecular formula is C18H25N3O3. The van der Waals surface area contributed by atoms with E-state index in [4.69, 9.17) is 4.74 Å². The van der Waals surface area contributed by atoms with Crippen molar-refractivity contribution in [3.05, 3.63) is 30.1 Å². The molecule has 1 aromatic heterocycles. The summed E-state index contributed by atoms with van der Waals surface area (Å²) in [4.78, 5) is 30.7. The first-order valence-corrected chi connectivity index (χ1v) is 8.59. The minimum Gasteiger partial charge on any atom is -0.382 e. The molecule has 6 nitrogen and oxygen atoms in total. The predicted molar refractivity (Wildman–Crippen MR) is 89.0 cm³/mol. The summed E-state index contributed by atoms with van der Waals surface area (Å²) in [6, 6.07) is 3.80. The molecule has 2 heterocycles. The van der Waals surface area contributed by atoms with Gasteiger partial charge in [0.25, 0.3) is 0 Å². The Hall–Kier alpha value is -1.95. The number of aromatic nitrogens is 1. The molecule has 1 aliphatic carbocycles. The van der Waals surface area contributed by atoms with E-state index in [2.05, 4.69) is 10.3 Å². The highest BCUT2D eigenvalue weighted by Gasteiger charge is 2.40. The molecule has 1 N–H and O–H groups in total. The van der Waals surface area contributed by atoms with Crippen LogP contribution in [0.1, 0.15) is 37.7 Å². The Kier molecular flexibility index (Phi) is 5.14. The van der Waals surface area contributed by atoms with Gasteiger partial charge in [-0.3, -0.25) is 14.6 Å². The maximum absolute atomic E-state index is 12.7. The van der Waals surface area contributed by atoms with E-state index in [1.165, 1.54) is 0 Å². The second-order valence-electron chi connectivity index (χ2n) is 6.95. The summed E-state index contributed by atoms with van der Waals surface area (Å²) in [6.07, 6.45) is 7.88. The number of pyridine rings is 1. The van der Waals surface area contributed by atoms with Gasteiger partial charge in [0.15, 0.2) is 0 Å². The second-order valence-corrected chi connectivity index (χ2v) is 6.95. The Balaban J connectivity index is 1.59. The predicted octanol–water partition coefficient (Wildman–Crippen LogP) is 1.51. The first kappa shape index (κ1) is 16.9. The van der Waals surface area contributed by atoms with Crippen LogP contribution < -0.4 is 5.32 Å². The fraction of sp³-hybridized carbons (Fsp3) is 0.611. The van der Waals surface area contributed by atoms with Crippen molar-refractivity contribution in [1.82, 2.24) is 15.2 Å². The number of methoxy groups -OCH3 is 1. The van der Waals surface area contributed by atoms with Crippen LogP contribution in [0.5, 0.6) is 0 Å². The highest BCUT2D eigenvalue weighted by molar-refractivity contribution is 5.89. The summed E-state index contributed by atoms with van der Waals surface area (Å²) < 4.78 is 5.31. The third-order valence-electron chi connectivity index (χ3n) is 5.05. The van der Waals surface area contributed by atoms with Gasteiger partial charge in [0.1, 0.15) is 0 Å². The van der Waals surface area contributed by atoms with Crippen LogP contribution in [0.3, 0.4) is 0 Å². The molecule has 0 unspecified atom stereocenters. The van der Waals surface area contributed by atoms with Gasteiger partial charge in [-0.15, -0.1) is 0 Å². The number of carbonyl (C=O) groups excluding carboxylic acids is 2. The van der Waals surface area contributed by atoms with E-state index in [0.717, 1.165) is 31.2 Å². The molecule has 0 radical (unpaired) electrons. The zero-order valence-electron chi connectivity index (χ0n) is 14.2. The number of hydrogen-bond acceptors (Lipinski definition) is 4. The van der Waals surface area contributed by atoms with Gasteiger partial charge in [0.2, 0.25) is 11.8 Å². The molecule has 2 amide bonds. The maximum atomic E-state index is 12.7. The lowest BCUT2D eigenvalue weighted by Crippen LogP contribution is -2.51. The molecule has 1 saturated heterocycles. The van der Waals surface area contributed by atoms with Crippen LogP contribution >= 0.6 is 0 Å². The second kappa shape index (κ2) is 7.30. The molecular weight excluding hydrogens is 306 g/mol. The summed E-state index contributed by atoms with van der Waals surface area (Å²) in [6.45, 7) is 1.53. The molecule has 2 fully saturated rings. The molecule has 130 valence electrons. The average molecular weight is 331 g/mol. The van der Waals surface area contributed by atoms with Gasteiger partial charge in [-0.25, -0.2) is 0 Å². The van der Waals surface area contributed by atoms with E-state index >= 15 is 0 Å². The maximum Gasteiger partial charge on any atom is 0.225 e. The van der Waals surface area contributed by atoms with Gasteiger partial charge >= 0.3 is 0 Å². The zero-order valence-corrected chi connectivity index (χ0v) is 14.2. The fourth-order valence-electron chi connectivity index (χ4n) is 3.81. The Labute approximate surface area is 142 Å². The first-order chi connectivity index (χ1) is 11.6. The SMILES string of the molecule is COCC1(NC(=O)[C@H]2CC(=O)N(Cc3cccnc3)C2)CCCC1. The summed E-state index contributed by atoms with van der Waals surface area (Å²) in [5.74, 6) is -0.259. The summed E-state index contributed by atoms with van der Waals surface area (Å²) in [5.41, 5.74) is 0.740. The molecule has 1 saturated carbocycles. The van der Waals surface area contributed by atoms with Crippen LogP contribution in [0.4, 0.5) is 0 Å². The van der Waals surface area contributed by atoms with Crippen molar-refractivity contribution < 1.29 is 14.3 Å². The molecule has 0 spiro atoms. The van der Waals surface area contributed by atoms with Crippen molar-refractivity contribution in [3.63, 3.8) is 0 Å². The zero-order chi connectivity index (χ0) is 17.0. The number of carbonyl (C=O) groups is 2. The summed E-state index contributed by atoms with van der Waals surface area (Å²) >= 11 is 0. The quantitative estimate of drug-likeness (QED) is 0.858. The number of ether oxygens (including phenoxy) is 1. The van der Waals surface area contributed by atoms with Gasteiger partial charge < -0.3 is 15.0 Å². The van der Waals surface area contributed by atoms with Crippen molar-refractivity contribution in [3.8, 4) is 0 Å². The average Bonchev–Trinajstić information content (AvgIpc) is 3.17. The fourth-order valence-corrected chi connectivity index (χ4v) is 3.81. The highest BCUT2D eigenvalue weighted by Crippen LogP contribution is 2.31. The van der Waals surface area contributed by atoms with Crippen LogP contribution in [0, 0.1) is 5.92 Å². The van der Waals surface area contributed by atoms with Crippen LogP contribution in [0.25, 0.3) is 0 Å². The van der Waals surface area contributed by atoms with Crippen LogP contribution in [-0.4, -0.2) is 47.5 Å². The number of hydrogen-bond donors (Lipinski definition) is 1. The molecule has 24 heavy (non-hydrogen) atoms. The number of nitrogens with zero attached hydrogens (tertiary/aromatic N) is 2. The third kappa shape index (κ3) is 3.75. The van der Waals surface area contributed by atoms with Gasteiger partial charge in [0, 0.05) is 39.0 Å². The lowest BCUT2D eigenvalue weighted by Gasteiger charge is -2.30. The normalized spacial score (nSPS) is 22.8. The molecule has 3 rings (SSSR count). The van der Waals surface area contributed by atoms with Crippen molar-refractivity contribution in [2.45, 2.75) is 44.2 Å². The lowest BCUT2D eigenvalue weighted by atomic mass is 9.96. The number of amides is 2. The molecule has 2 aliphatic rings. The van der Waals surface area contributed by atoms with Gasteiger partial charge in [-0.1, -0.05) is 18.9 Å². The Morgan fingerprint density at radius 1 is 1.46 bits per heavy atom. The largest absolute Gasteiger partial charge is 0.382 e. The Morgan fingerprint density at radius 3 is 2.92 bits per heavy atom. The standard InChI is InChI=1S/C18H25N3O3/c1-24-13-18(6-2-3-7-18)20-17(23)15-9-16(22)21(12-15)11-14-5-4-8-19-10-14/h4-5,8,10,15H,2-3,6-7,9,11-13H2,1H3,(H,20,23)/t15-/m0/s1. The Morgan fingerprint density at radius 2 is 2.25 bits per heavy atom. The monoisotopic (exact) mass is 331 g/mol. The molecule has 6 heteroatoms. The van der Waals surface area contributed by atoms with Crippen LogP contribution in [-0.2, 0) is 20.9 Å². The van der Waals surface area contributed by atoms with Gasteiger partial charge in [0.05, 0.1) is 18.1 Å². The minimum atomic E-state index is -0.275. The molecule has 0 aromatic carbocycles. The molecule has 1 aromatic rings. The van der Waals surface area contributed by atoms with Crippen molar-refractivity contribution in [1.29, 1.82) is 0 Å². The van der Waals surface area contributed by atoms with E-state index in [0.29, 0.717) is 19.7 Å². The van der Waals surface area contributed by atoms with Crippen molar-refractivity contribution >= 4 is 11.8 Å². The van der Waals surface area contributed by atoms with Crippen molar-refractivity contribution in [2.24, 2.45) is 5.92 Å². The lowest BCUT2D eigenvalue weighted by molar-refractivity contribution is -0.130. The summed E-state index contributed by atoms with van der Waals surface area (Å²) in [5, 5.41) is 3.19. The van der Waals surface area contributed by atoms with Crippen LogP contribution in [0.2, 0.25) is 0 Å². The van der Waals surface area contributed by atoms with E-state index < -0.39 is 0 Å². The van der Waals surface area contributed by atoms with Gasteiger partial charge in [-0.05, 0) is 24.5 Å². The number of likely N-dealkylation sites (tertiary alicyclic amines) is 1.